The maximum absolute atomic E-state index is 6.65. The van der Waals surface area contributed by atoms with Crippen molar-refractivity contribution in [3.63, 3.8) is 0 Å². The van der Waals surface area contributed by atoms with Crippen molar-refractivity contribution in [2.75, 3.05) is 0 Å². The molecule has 0 aliphatic carbocycles. The van der Waals surface area contributed by atoms with Crippen LogP contribution in [0, 0.1) is 12.1 Å². The van der Waals surface area contributed by atoms with Gasteiger partial charge in [-0.15, -0.1) is 18.2 Å². The fraction of sp³-hybridized carbons (Fsp3) is 0.240. The maximum atomic E-state index is 6.65. The van der Waals surface area contributed by atoms with Gasteiger partial charge in [-0.2, -0.15) is 0 Å². The van der Waals surface area contributed by atoms with Gasteiger partial charge in [-0.05, 0) is 35.2 Å². The first-order valence-electron chi connectivity index (χ1n) is 19.5. The number of hydrogen-bond acceptors (Lipinski definition) is 4. The van der Waals surface area contributed by atoms with Gasteiger partial charge in [0.2, 0.25) is 0 Å². The van der Waals surface area contributed by atoms with Gasteiger partial charge in [0.05, 0.1) is 5.58 Å². The Morgan fingerprint density at radius 1 is 0.536 bits per heavy atom. The van der Waals surface area contributed by atoms with Crippen molar-refractivity contribution in [2.45, 2.75) is 76.6 Å². The summed E-state index contributed by atoms with van der Waals surface area (Å²) in [5, 5.41) is 7.16. The predicted molar refractivity (Wildman–Crippen MR) is 234 cm³/mol. The summed E-state index contributed by atoms with van der Waals surface area (Å²) < 4.78 is 14.4. The quantitative estimate of drug-likeness (QED) is 0.123. The SMILES string of the molecule is CC(C)c1ccnc(-c2[c-]ccc3c2oc2c4ccccc4c[c]([Ge]([CH3])([CH3])[CH3])c32)c1.CC(C)c1ccnc(-c2[c-]ccc3c2oc2cc(C(C)C)ccc23)c1.[Ir]. The maximum Gasteiger partial charge on any atom is 0.121 e. The van der Waals surface area contributed by atoms with Crippen LogP contribution in [0.25, 0.3) is 77.2 Å². The van der Waals surface area contributed by atoms with E-state index in [4.69, 9.17) is 8.83 Å². The molecular formula is C50H48GeIrN2O2-2. The van der Waals surface area contributed by atoms with Crippen LogP contribution in [0.2, 0.25) is 17.3 Å². The van der Waals surface area contributed by atoms with Crippen LogP contribution < -0.4 is 4.40 Å². The summed E-state index contributed by atoms with van der Waals surface area (Å²) in [7, 11) is 0. The Morgan fingerprint density at radius 2 is 1.09 bits per heavy atom. The first-order valence-corrected chi connectivity index (χ1v) is 26.8. The molecule has 0 fully saturated rings. The van der Waals surface area contributed by atoms with Crippen LogP contribution in [-0.4, -0.2) is 23.2 Å². The minimum absolute atomic E-state index is 0. The summed E-state index contributed by atoms with van der Waals surface area (Å²) in [6, 6.07) is 40.9. The molecule has 0 aliphatic rings. The third kappa shape index (κ3) is 7.38. The fourth-order valence-electron chi connectivity index (χ4n) is 7.55. The van der Waals surface area contributed by atoms with Gasteiger partial charge < -0.3 is 9.40 Å². The summed E-state index contributed by atoms with van der Waals surface area (Å²) in [6.07, 6.45) is 3.77. The van der Waals surface area contributed by atoms with E-state index in [2.05, 4.69) is 166 Å². The number of nitrogens with zero attached hydrogens (tertiary/aromatic N) is 2. The van der Waals surface area contributed by atoms with E-state index in [0.717, 1.165) is 55.6 Å². The van der Waals surface area contributed by atoms with Crippen LogP contribution in [0.5, 0.6) is 0 Å². The smallest absolute Gasteiger partial charge is 0.121 e. The second-order valence-corrected chi connectivity index (χ2v) is 27.2. The molecule has 0 saturated carbocycles. The van der Waals surface area contributed by atoms with Gasteiger partial charge in [0.15, 0.2) is 0 Å². The fourth-order valence-corrected chi connectivity index (χ4v) is 10.9. The second-order valence-electron chi connectivity index (χ2n) is 16.7. The van der Waals surface area contributed by atoms with E-state index in [0.29, 0.717) is 17.8 Å². The first kappa shape index (κ1) is 39.7. The molecule has 0 atom stereocenters. The summed E-state index contributed by atoms with van der Waals surface area (Å²) in [5.41, 5.74) is 11.3. The average Bonchev–Trinajstić information content (AvgIpc) is 3.76. The van der Waals surface area contributed by atoms with Crippen molar-refractivity contribution < 1.29 is 28.9 Å². The van der Waals surface area contributed by atoms with Crippen LogP contribution in [-0.2, 0) is 20.1 Å². The van der Waals surface area contributed by atoms with Crippen molar-refractivity contribution in [3.05, 3.63) is 138 Å². The predicted octanol–water partition coefficient (Wildman–Crippen LogP) is 14.0. The molecule has 0 aliphatic heterocycles. The number of furan rings is 2. The van der Waals surface area contributed by atoms with Gasteiger partial charge in [0.25, 0.3) is 0 Å². The molecule has 4 nitrogen and oxygen atoms in total. The molecule has 4 heterocycles. The van der Waals surface area contributed by atoms with E-state index < -0.39 is 13.3 Å². The summed E-state index contributed by atoms with van der Waals surface area (Å²) in [6.45, 7) is 13.2. The molecule has 0 unspecified atom stereocenters. The minimum Gasteiger partial charge on any atom is -0.501 e. The molecule has 285 valence electrons. The van der Waals surface area contributed by atoms with Crippen molar-refractivity contribution in [3.8, 4) is 22.5 Å². The van der Waals surface area contributed by atoms with E-state index in [1.807, 2.05) is 24.5 Å². The Hall–Kier alpha value is -4.55. The number of hydrogen-bond donors (Lipinski definition) is 0. The number of benzene rings is 5. The molecule has 1 radical (unpaired) electrons. The monoisotopic (exact) mass is 975 g/mol. The van der Waals surface area contributed by atoms with Gasteiger partial charge in [-0.3, -0.25) is 0 Å². The molecule has 0 spiro atoms. The third-order valence-corrected chi connectivity index (χ3v) is 15.0. The van der Waals surface area contributed by atoms with Crippen LogP contribution in [0.4, 0.5) is 0 Å². The molecule has 0 amide bonds. The van der Waals surface area contributed by atoms with E-state index in [1.54, 1.807) is 0 Å². The Morgan fingerprint density at radius 3 is 1.68 bits per heavy atom. The van der Waals surface area contributed by atoms with E-state index >= 15 is 0 Å². The Kier molecular flexibility index (Phi) is 11.2. The molecule has 0 N–H and O–H groups in total. The Bertz CT molecular complexity index is 2860. The van der Waals surface area contributed by atoms with E-state index in [9.17, 15) is 0 Å². The molecule has 9 rings (SSSR count). The summed E-state index contributed by atoms with van der Waals surface area (Å²) in [4.78, 5) is 9.23. The van der Waals surface area contributed by atoms with Gasteiger partial charge >= 0.3 is 180 Å². The second kappa shape index (κ2) is 15.8. The van der Waals surface area contributed by atoms with Gasteiger partial charge in [-0.1, -0.05) is 62.4 Å². The van der Waals surface area contributed by atoms with Crippen LogP contribution in [0.15, 0.2) is 118 Å². The molecule has 4 aromatic heterocycles. The van der Waals surface area contributed by atoms with E-state index in [1.165, 1.54) is 42.6 Å². The zero-order chi connectivity index (χ0) is 38.6. The normalized spacial score (nSPS) is 12.0. The van der Waals surface area contributed by atoms with Crippen molar-refractivity contribution in [2.24, 2.45) is 0 Å². The first-order chi connectivity index (χ1) is 26.4. The summed E-state index contributed by atoms with van der Waals surface area (Å²) in [5.74, 6) is 8.74. The number of rotatable bonds is 6. The van der Waals surface area contributed by atoms with E-state index in [-0.39, 0.29) is 20.1 Å². The standard InChI is InChI=1S/C27H26GeNO.C23H22NO.Ir/c1-17(2)18-13-14-29-24(16-18)21-11-8-12-22-25-23(28(3,4)5)15-19-9-6-7-10-20(19)27(25)30-26(21)22;1-14(2)16-8-9-18-19-6-5-7-20(23(19)25-22(18)13-16)21-12-17(15(3)4)10-11-24-21;/h6-10,12-17H,1-5H3;5-6,8-15H,1-4H3;/q2*-1;. The van der Waals surface area contributed by atoms with Gasteiger partial charge in [0.1, 0.15) is 5.58 Å². The zero-order valence-corrected chi connectivity index (χ0v) is 38.2. The van der Waals surface area contributed by atoms with Crippen molar-refractivity contribution in [1.29, 1.82) is 0 Å². The molecule has 5 aromatic carbocycles. The average molecular weight is 974 g/mol. The third-order valence-electron chi connectivity index (χ3n) is 10.8. The molecule has 0 bridgehead atoms. The minimum atomic E-state index is -2.16. The Labute approximate surface area is 346 Å². The van der Waals surface area contributed by atoms with Crippen LogP contribution >= 0.6 is 0 Å². The van der Waals surface area contributed by atoms with Crippen LogP contribution in [0.1, 0.15) is 76.0 Å². The molecule has 56 heavy (non-hydrogen) atoms. The zero-order valence-electron chi connectivity index (χ0n) is 33.7. The van der Waals surface area contributed by atoms with Crippen molar-refractivity contribution >= 4 is 72.3 Å². The number of fused-ring (bicyclic) bond motifs is 8. The van der Waals surface area contributed by atoms with Crippen LogP contribution in [0.3, 0.4) is 0 Å². The molecule has 6 heteroatoms. The molecular weight excluding hydrogens is 925 g/mol. The van der Waals surface area contributed by atoms with Gasteiger partial charge in [0, 0.05) is 31.7 Å². The Balaban J connectivity index is 0.000000171. The van der Waals surface area contributed by atoms with Gasteiger partial charge in [-0.25, -0.2) is 0 Å². The molecule has 0 saturated heterocycles. The largest absolute Gasteiger partial charge is 0.501 e. The topological polar surface area (TPSA) is 52.1 Å². The number of aromatic nitrogens is 2. The van der Waals surface area contributed by atoms with Crippen molar-refractivity contribution in [1.82, 2.24) is 9.97 Å². The molecule has 9 aromatic rings. The summed E-state index contributed by atoms with van der Waals surface area (Å²) >= 11 is -2.16. The number of pyridine rings is 2.